The molecule has 13 nitrogen and oxygen atoms in total. The van der Waals surface area contributed by atoms with E-state index in [2.05, 4.69) is 15.6 Å². The molecule has 2 aliphatic rings. The molecule has 0 aliphatic carbocycles. The molecule has 4 rings (SSSR count). The SMILES string of the molecule is CC(C)CC(NC(=O)[C@@H](NC(=O)c1cccc(-c2ccccc2)n1)[C@@H](C)O)[B-]12OC(=O)CC(C(=O)N(C)C)(CC(=O)O1)O2. The molecule has 43 heavy (non-hydrogen) atoms. The van der Waals surface area contributed by atoms with Gasteiger partial charge < -0.3 is 34.6 Å². The average Bonchev–Trinajstić information content (AvgIpc) is 2.94. The maximum Gasteiger partial charge on any atom is 0.518 e. The van der Waals surface area contributed by atoms with Gasteiger partial charge in [0.15, 0.2) is 0 Å². The number of pyridine rings is 1. The average molecular weight is 595 g/mol. The molecule has 14 heteroatoms. The highest BCUT2D eigenvalue weighted by Crippen LogP contribution is 2.41. The fourth-order valence-corrected chi connectivity index (χ4v) is 5.36. The highest BCUT2D eigenvalue weighted by Gasteiger charge is 2.62. The van der Waals surface area contributed by atoms with E-state index in [4.69, 9.17) is 14.0 Å². The van der Waals surface area contributed by atoms with Crippen LogP contribution in [0.1, 0.15) is 50.5 Å². The van der Waals surface area contributed by atoms with Crippen LogP contribution in [0.4, 0.5) is 0 Å². The zero-order chi connectivity index (χ0) is 31.5. The van der Waals surface area contributed by atoms with Gasteiger partial charge in [-0.2, -0.15) is 0 Å². The van der Waals surface area contributed by atoms with E-state index in [1.807, 2.05) is 44.2 Å². The number of carbonyl (C=O) groups is 5. The second kappa shape index (κ2) is 12.5. The Balaban J connectivity index is 1.60. The van der Waals surface area contributed by atoms with Crippen molar-refractivity contribution in [2.45, 2.75) is 63.7 Å². The highest BCUT2D eigenvalue weighted by molar-refractivity contribution is 6.67. The Bertz CT molecular complexity index is 1380. The minimum atomic E-state index is -3.33. The first-order valence-corrected chi connectivity index (χ1v) is 14.1. The number of nitrogens with one attached hydrogen (secondary N) is 2. The molecule has 2 fully saturated rings. The number of hydrogen-bond donors (Lipinski definition) is 3. The molecule has 2 saturated heterocycles. The summed E-state index contributed by atoms with van der Waals surface area (Å²) in [5.74, 6) is -5.25. The Morgan fingerprint density at radius 3 is 2.16 bits per heavy atom. The summed E-state index contributed by atoms with van der Waals surface area (Å²) in [5.41, 5.74) is -0.523. The lowest BCUT2D eigenvalue weighted by Crippen LogP contribution is -2.76. The fourth-order valence-electron chi connectivity index (χ4n) is 5.36. The van der Waals surface area contributed by atoms with Gasteiger partial charge >= 0.3 is 6.75 Å². The van der Waals surface area contributed by atoms with Gasteiger partial charge in [-0.3, -0.25) is 24.0 Å². The van der Waals surface area contributed by atoms with E-state index in [0.717, 1.165) is 5.56 Å². The van der Waals surface area contributed by atoms with Crippen LogP contribution in [0.5, 0.6) is 0 Å². The van der Waals surface area contributed by atoms with Gasteiger partial charge in [-0.15, -0.1) is 0 Å². The van der Waals surface area contributed by atoms with E-state index in [1.54, 1.807) is 12.1 Å². The molecule has 1 unspecified atom stereocenters. The predicted octanol–water partition coefficient (Wildman–Crippen LogP) is 0.974. The largest absolute Gasteiger partial charge is 0.632 e. The van der Waals surface area contributed by atoms with Crippen LogP contribution in [0.25, 0.3) is 11.3 Å². The Morgan fingerprint density at radius 2 is 1.60 bits per heavy atom. The maximum atomic E-state index is 13.6. The van der Waals surface area contributed by atoms with Gasteiger partial charge in [0.1, 0.15) is 17.3 Å². The molecule has 2 bridgehead atoms. The Hall–Kier alpha value is -4.30. The lowest BCUT2D eigenvalue weighted by atomic mass is 9.61. The van der Waals surface area contributed by atoms with Crippen molar-refractivity contribution < 1.29 is 43.0 Å². The molecule has 230 valence electrons. The number of carbonyl (C=O) groups excluding carboxylic acids is 5. The van der Waals surface area contributed by atoms with Gasteiger partial charge in [-0.25, -0.2) is 4.98 Å². The van der Waals surface area contributed by atoms with E-state index in [9.17, 15) is 29.1 Å². The third-order valence-electron chi connectivity index (χ3n) is 7.29. The Kier molecular flexibility index (Phi) is 9.21. The molecule has 3 amide bonds. The zero-order valence-corrected chi connectivity index (χ0v) is 24.7. The normalized spacial score (nSPS) is 23.3. The molecule has 3 heterocycles. The molecule has 1 aromatic heterocycles. The van der Waals surface area contributed by atoms with Gasteiger partial charge in [-0.1, -0.05) is 56.7 Å². The molecule has 0 spiro atoms. The number of fused-ring (bicyclic) bond motifs is 2. The fraction of sp³-hybridized carbons (Fsp3) is 0.448. The molecule has 0 radical (unpaired) electrons. The number of amides is 3. The quantitative estimate of drug-likeness (QED) is 0.336. The van der Waals surface area contributed by atoms with Crippen molar-refractivity contribution in [3.63, 3.8) is 0 Å². The van der Waals surface area contributed by atoms with Crippen LogP contribution < -0.4 is 10.6 Å². The number of aliphatic hydroxyl groups is 1. The van der Waals surface area contributed by atoms with E-state index in [0.29, 0.717) is 5.69 Å². The van der Waals surface area contributed by atoms with Gasteiger partial charge in [0.25, 0.3) is 23.8 Å². The number of aliphatic hydroxyl groups excluding tert-OH is 1. The van der Waals surface area contributed by atoms with Gasteiger partial charge in [0.2, 0.25) is 5.91 Å². The molecule has 1 aromatic carbocycles. The smallest absolute Gasteiger partial charge is 0.518 e. The van der Waals surface area contributed by atoms with Crippen LogP contribution in [0.15, 0.2) is 48.5 Å². The molecule has 2 aliphatic heterocycles. The third-order valence-corrected chi connectivity index (χ3v) is 7.29. The topological polar surface area (TPSA) is 173 Å². The predicted molar refractivity (Wildman–Crippen MR) is 154 cm³/mol. The first-order chi connectivity index (χ1) is 20.2. The van der Waals surface area contributed by atoms with Crippen molar-refractivity contribution >= 4 is 36.4 Å². The Morgan fingerprint density at radius 1 is 0.977 bits per heavy atom. The maximum absolute atomic E-state index is 13.6. The van der Waals surface area contributed by atoms with Crippen LogP contribution in [0.2, 0.25) is 0 Å². The number of rotatable bonds is 10. The van der Waals surface area contributed by atoms with E-state index in [-0.39, 0.29) is 18.0 Å². The number of hydrogen-bond acceptors (Lipinski definition) is 10. The summed E-state index contributed by atoms with van der Waals surface area (Å²) in [5, 5.41) is 15.7. The second-order valence-corrected chi connectivity index (χ2v) is 11.6. The van der Waals surface area contributed by atoms with Gasteiger partial charge in [0.05, 0.1) is 24.6 Å². The minimum Gasteiger partial charge on any atom is -0.632 e. The number of nitrogens with zero attached hydrogens (tertiary/aromatic N) is 2. The van der Waals surface area contributed by atoms with E-state index >= 15 is 0 Å². The monoisotopic (exact) mass is 595 g/mol. The summed E-state index contributed by atoms with van der Waals surface area (Å²) in [6.45, 7) is 1.62. The van der Waals surface area contributed by atoms with Crippen molar-refractivity contribution in [2.75, 3.05) is 14.1 Å². The van der Waals surface area contributed by atoms with Crippen molar-refractivity contribution in [3.8, 4) is 11.3 Å². The third kappa shape index (κ3) is 6.86. The van der Waals surface area contributed by atoms with Gasteiger partial charge in [-0.05, 0) is 25.0 Å². The van der Waals surface area contributed by atoms with Gasteiger partial charge in [0, 0.05) is 25.6 Å². The summed E-state index contributed by atoms with van der Waals surface area (Å²) >= 11 is 0. The lowest BCUT2D eigenvalue weighted by Gasteiger charge is -2.58. The summed E-state index contributed by atoms with van der Waals surface area (Å²) in [6.07, 6.45) is -2.29. The van der Waals surface area contributed by atoms with Crippen molar-refractivity contribution in [1.82, 2.24) is 20.5 Å². The molecular weight excluding hydrogens is 559 g/mol. The Labute approximate surface area is 249 Å². The van der Waals surface area contributed by atoms with Crippen LogP contribution in [-0.2, 0) is 33.1 Å². The summed E-state index contributed by atoms with van der Waals surface area (Å²) in [6, 6.07) is 12.6. The highest BCUT2D eigenvalue weighted by atomic mass is 16.8. The lowest BCUT2D eigenvalue weighted by molar-refractivity contribution is -0.189. The van der Waals surface area contributed by atoms with Crippen molar-refractivity contribution in [1.29, 1.82) is 0 Å². The summed E-state index contributed by atoms with van der Waals surface area (Å²) < 4.78 is 17.1. The number of likely N-dealkylation sites (N-methyl/N-ethyl adjacent to an activating group) is 1. The molecule has 2 aromatic rings. The van der Waals surface area contributed by atoms with Crippen LogP contribution in [-0.4, -0.2) is 89.2 Å². The van der Waals surface area contributed by atoms with Crippen LogP contribution in [0, 0.1) is 5.92 Å². The second-order valence-electron chi connectivity index (χ2n) is 11.6. The summed E-state index contributed by atoms with van der Waals surface area (Å²) in [4.78, 5) is 71.1. The molecule has 3 N–H and O–H groups in total. The zero-order valence-electron chi connectivity index (χ0n) is 24.7. The standard InChI is InChI=1S/C29H36BN4O9/c1-17(2)14-22(30-41-23(36)15-29(43-30,16-24(37)42-30)28(40)34(4)5)32-27(39)25(18(3)35)33-26(38)21-13-9-12-20(31-21)19-10-7-6-8-11-19/h6-13,17-18,22,25,35H,14-16H2,1-5H3,(H,32,39)(H,33,38)/q-1/t18-,22?,25+,29?,30?/m1/s1. The first kappa shape index (κ1) is 31.6. The number of benzene rings is 1. The van der Waals surface area contributed by atoms with E-state index in [1.165, 1.54) is 32.0 Å². The van der Waals surface area contributed by atoms with Crippen molar-refractivity contribution in [2.24, 2.45) is 5.92 Å². The molecular formula is C29H36BN4O9-. The minimum absolute atomic E-state index is 0.0130. The number of aromatic nitrogens is 1. The van der Waals surface area contributed by atoms with Crippen molar-refractivity contribution in [3.05, 3.63) is 54.2 Å². The molecule has 0 saturated carbocycles. The first-order valence-electron chi connectivity index (χ1n) is 14.1. The summed E-state index contributed by atoms with van der Waals surface area (Å²) in [7, 11) is 2.92. The van der Waals surface area contributed by atoms with E-state index < -0.39 is 72.9 Å². The molecule has 3 atom stereocenters. The van der Waals surface area contributed by atoms with Crippen LogP contribution >= 0.6 is 0 Å². The van der Waals surface area contributed by atoms with Crippen LogP contribution in [0.3, 0.4) is 0 Å².